The van der Waals surface area contributed by atoms with Crippen LogP contribution in [0.25, 0.3) is 0 Å². The number of aliphatic hydroxyl groups excluding tert-OH is 1. The van der Waals surface area contributed by atoms with E-state index < -0.39 is 18.2 Å². The topological polar surface area (TPSA) is 70.1 Å². The molecule has 0 bridgehead atoms. The molecule has 2 atom stereocenters. The van der Waals surface area contributed by atoms with Crippen molar-refractivity contribution in [1.82, 2.24) is 9.80 Å². The molecule has 30 heavy (non-hydrogen) atoms. The molecule has 6 nitrogen and oxygen atoms in total. The smallest absolute Gasteiger partial charge is 0.410 e. The predicted octanol–water partition coefficient (Wildman–Crippen LogP) is 4.36. The van der Waals surface area contributed by atoms with E-state index in [2.05, 4.69) is 13.8 Å². The Hall–Kier alpha value is -2.08. The molecule has 1 aromatic rings. The highest BCUT2D eigenvalue weighted by atomic mass is 16.6. The van der Waals surface area contributed by atoms with Gasteiger partial charge in [0, 0.05) is 19.5 Å². The minimum absolute atomic E-state index is 0.0594. The van der Waals surface area contributed by atoms with Gasteiger partial charge in [-0.2, -0.15) is 0 Å². The van der Waals surface area contributed by atoms with Crippen molar-refractivity contribution in [2.24, 2.45) is 0 Å². The maximum absolute atomic E-state index is 13.3. The second kappa shape index (κ2) is 13.3. The van der Waals surface area contributed by atoms with Crippen LogP contribution in [-0.4, -0.2) is 58.7 Å². The van der Waals surface area contributed by atoms with E-state index >= 15 is 0 Å². The number of ether oxygens (including phenoxy) is 1. The minimum Gasteiger partial charge on any atom is -0.445 e. The molecule has 1 N–H and O–H groups in total. The van der Waals surface area contributed by atoms with Gasteiger partial charge in [-0.1, -0.05) is 76.3 Å². The van der Waals surface area contributed by atoms with E-state index in [-0.39, 0.29) is 25.5 Å². The summed E-state index contributed by atoms with van der Waals surface area (Å²) in [6.45, 7) is 6.03. The number of nitrogens with zero attached hydrogens (tertiary/aromatic N) is 2. The molecule has 1 fully saturated rings. The molecule has 1 aromatic carbocycles. The molecule has 0 aliphatic carbocycles. The van der Waals surface area contributed by atoms with Gasteiger partial charge < -0.3 is 14.7 Å². The number of amides is 2. The van der Waals surface area contributed by atoms with Gasteiger partial charge in [-0.25, -0.2) is 4.79 Å². The fraction of sp³-hybridized carbons (Fsp3) is 0.667. The van der Waals surface area contributed by atoms with Crippen molar-refractivity contribution in [3.8, 4) is 0 Å². The van der Waals surface area contributed by atoms with E-state index in [0.717, 1.165) is 50.5 Å². The Labute approximate surface area is 181 Å². The lowest BCUT2D eigenvalue weighted by Crippen LogP contribution is -2.48. The Kier molecular flexibility index (Phi) is 10.7. The molecule has 0 aromatic heterocycles. The molecule has 0 saturated carbocycles. The summed E-state index contributed by atoms with van der Waals surface area (Å²) in [7, 11) is 0. The van der Waals surface area contributed by atoms with E-state index in [0.29, 0.717) is 13.1 Å². The first-order chi connectivity index (χ1) is 14.6. The third-order valence-corrected chi connectivity index (χ3v) is 5.63. The number of hydrogen-bond donors (Lipinski definition) is 1. The molecular formula is C24H38N2O4. The normalized spacial score (nSPS) is 18.4. The molecule has 0 radical (unpaired) electrons. The zero-order valence-corrected chi connectivity index (χ0v) is 18.6. The standard InChI is InChI=1S/C24H38N2O4/c1-3-5-7-12-16-25(15-11-6-4-2)23(28)22-17-21(27)18-26(22)24(29)30-19-20-13-9-8-10-14-20/h8-10,13-14,21-22,27H,3-7,11-12,15-19H2,1-2H3/t21?,22-/m0/s1. The van der Waals surface area contributed by atoms with Gasteiger partial charge in [0.2, 0.25) is 5.91 Å². The summed E-state index contributed by atoms with van der Waals surface area (Å²) >= 11 is 0. The minimum atomic E-state index is -0.694. The molecule has 168 valence electrons. The second-order valence-corrected chi connectivity index (χ2v) is 8.19. The molecule has 6 heteroatoms. The van der Waals surface area contributed by atoms with Crippen LogP contribution in [-0.2, 0) is 16.1 Å². The maximum atomic E-state index is 13.3. The summed E-state index contributed by atoms with van der Waals surface area (Å²) in [5, 5.41) is 10.2. The number of carbonyl (C=O) groups is 2. The van der Waals surface area contributed by atoms with E-state index in [4.69, 9.17) is 4.74 Å². The number of likely N-dealkylation sites (tertiary alicyclic amines) is 1. The molecule has 1 aliphatic heterocycles. The van der Waals surface area contributed by atoms with E-state index in [9.17, 15) is 14.7 Å². The lowest BCUT2D eigenvalue weighted by Gasteiger charge is -2.30. The fourth-order valence-electron chi connectivity index (χ4n) is 3.88. The van der Waals surface area contributed by atoms with Gasteiger partial charge in [0.05, 0.1) is 12.6 Å². The highest BCUT2D eigenvalue weighted by Gasteiger charge is 2.41. The Morgan fingerprint density at radius 1 is 1.03 bits per heavy atom. The van der Waals surface area contributed by atoms with Gasteiger partial charge in [0.1, 0.15) is 12.6 Å². The number of aliphatic hydroxyl groups is 1. The Bertz CT molecular complexity index is 637. The molecule has 1 unspecified atom stereocenters. The van der Waals surface area contributed by atoms with Gasteiger partial charge in [0.15, 0.2) is 0 Å². The maximum Gasteiger partial charge on any atom is 0.410 e. The quantitative estimate of drug-likeness (QED) is 0.512. The number of unbranched alkanes of at least 4 members (excludes halogenated alkanes) is 5. The van der Waals surface area contributed by atoms with Crippen molar-refractivity contribution in [3.05, 3.63) is 35.9 Å². The third kappa shape index (κ3) is 7.63. The van der Waals surface area contributed by atoms with Gasteiger partial charge in [-0.15, -0.1) is 0 Å². The van der Waals surface area contributed by atoms with Crippen molar-refractivity contribution in [2.75, 3.05) is 19.6 Å². The molecular weight excluding hydrogens is 380 g/mol. The number of benzene rings is 1. The SMILES string of the molecule is CCCCCCN(CCCCC)C(=O)[C@@H]1CC(O)CN1C(=O)OCc1ccccc1. The van der Waals surface area contributed by atoms with Crippen molar-refractivity contribution in [1.29, 1.82) is 0 Å². The summed E-state index contributed by atoms with van der Waals surface area (Å²) in [5.41, 5.74) is 0.894. The van der Waals surface area contributed by atoms with Crippen LogP contribution in [0.5, 0.6) is 0 Å². The van der Waals surface area contributed by atoms with Crippen LogP contribution in [0, 0.1) is 0 Å². The van der Waals surface area contributed by atoms with Crippen molar-refractivity contribution in [3.63, 3.8) is 0 Å². The Balaban J connectivity index is 1.99. The largest absolute Gasteiger partial charge is 0.445 e. The number of carbonyl (C=O) groups excluding carboxylic acids is 2. The predicted molar refractivity (Wildman–Crippen MR) is 118 cm³/mol. The van der Waals surface area contributed by atoms with Crippen LogP contribution >= 0.6 is 0 Å². The average molecular weight is 419 g/mol. The molecule has 0 spiro atoms. The summed E-state index contributed by atoms with van der Waals surface area (Å²) in [4.78, 5) is 29.3. The van der Waals surface area contributed by atoms with Crippen LogP contribution < -0.4 is 0 Å². The number of hydrogen-bond acceptors (Lipinski definition) is 4. The monoisotopic (exact) mass is 418 g/mol. The molecule has 2 rings (SSSR count). The van der Waals surface area contributed by atoms with Crippen LogP contribution in [0.4, 0.5) is 4.79 Å². The average Bonchev–Trinajstić information content (AvgIpc) is 3.16. The van der Waals surface area contributed by atoms with E-state index in [1.165, 1.54) is 4.90 Å². The summed E-state index contributed by atoms with van der Waals surface area (Å²) in [6, 6.07) is 8.82. The molecule has 2 amide bonds. The molecule has 1 heterocycles. The Morgan fingerprint density at radius 2 is 1.67 bits per heavy atom. The lowest BCUT2D eigenvalue weighted by molar-refractivity contribution is -0.135. The zero-order chi connectivity index (χ0) is 21.8. The van der Waals surface area contributed by atoms with E-state index in [1.54, 1.807) is 0 Å². The van der Waals surface area contributed by atoms with Crippen LogP contribution in [0.3, 0.4) is 0 Å². The van der Waals surface area contributed by atoms with Gasteiger partial charge >= 0.3 is 6.09 Å². The molecule has 1 saturated heterocycles. The van der Waals surface area contributed by atoms with Crippen LogP contribution in [0.2, 0.25) is 0 Å². The highest BCUT2D eigenvalue weighted by molar-refractivity contribution is 5.86. The fourth-order valence-corrected chi connectivity index (χ4v) is 3.88. The number of rotatable bonds is 12. The second-order valence-electron chi connectivity index (χ2n) is 8.19. The van der Waals surface area contributed by atoms with Crippen molar-refractivity contribution >= 4 is 12.0 Å². The summed E-state index contributed by atoms with van der Waals surface area (Å²) in [6.07, 6.45) is 6.57. The first-order valence-corrected chi connectivity index (χ1v) is 11.5. The van der Waals surface area contributed by atoms with Crippen LogP contribution in [0.15, 0.2) is 30.3 Å². The summed E-state index contributed by atoms with van der Waals surface area (Å²) < 4.78 is 5.44. The zero-order valence-electron chi connectivity index (χ0n) is 18.6. The van der Waals surface area contributed by atoms with Gasteiger partial charge in [-0.3, -0.25) is 9.69 Å². The first-order valence-electron chi connectivity index (χ1n) is 11.5. The van der Waals surface area contributed by atoms with Crippen molar-refractivity contribution in [2.45, 2.75) is 84.0 Å². The van der Waals surface area contributed by atoms with Crippen molar-refractivity contribution < 1.29 is 19.4 Å². The third-order valence-electron chi connectivity index (χ3n) is 5.63. The van der Waals surface area contributed by atoms with Crippen LogP contribution in [0.1, 0.15) is 70.8 Å². The Morgan fingerprint density at radius 3 is 2.33 bits per heavy atom. The molecule has 1 aliphatic rings. The van der Waals surface area contributed by atoms with Gasteiger partial charge in [-0.05, 0) is 18.4 Å². The van der Waals surface area contributed by atoms with Gasteiger partial charge in [0.25, 0.3) is 0 Å². The number of β-amino-alcohol motifs (C(OH)–C–C–N with tert-alkyl or cyclic N) is 1. The lowest BCUT2D eigenvalue weighted by atomic mass is 10.1. The summed E-state index contributed by atoms with van der Waals surface area (Å²) in [5.74, 6) is -0.0594. The van der Waals surface area contributed by atoms with E-state index in [1.807, 2.05) is 35.2 Å². The highest BCUT2D eigenvalue weighted by Crippen LogP contribution is 2.22. The first kappa shape index (κ1) is 24.2.